The summed E-state index contributed by atoms with van der Waals surface area (Å²) >= 11 is 23.1. The van der Waals surface area contributed by atoms with E-state index < -0.39 is 6.00 Å². The van der Waals surface area contributed by atoms with Crippen molar-refractivity contribution in [3.8, 4) is 0 Å². The van der Waals surface area contributed by atoms with Crippen LogP contribution in [-0.4, -0.2) is 6.00 Å². The van der Waals surface area contributed by atoms with Gasteiger partial charge in [-0.25, -0.2) is 0 Å². The number of halogens is 4. The zero-order valence-corrected chi connectivity index (χ0v) is 12.2. The molecule has 0 radical (unpaired) electrons. The van der Waals surface area contributed by atoms with E-state index in [0.29, 0.717) is 5.88 Å². The van der Waals surface area contributed by atoms with Crippen LogP contribution in [0.1, 0.15) is 17.5 Å². The number of aryl methyl sites for hydroxylation is 1. The van der Waals surface area contributed by atoms with Crippen LogP contribution >= 0.6 is 44.8 Å². The highest BCUT2D eigenvalue weighted by Crippen LogP contribution is 2.27. The van der Waals surface area contributed by atoms with Crippen molar-refractivity contribution in [3.05, 3.63) is 35.4 Å². The molecule has 0 aliphatic carbocycles. The summed E-state index contributed by atoms with van der Waals surface area (Å²) in [5.74, 6) is 0.557. The molecule has 0 atom stereocenters. The summed E-state index contributed by atoms with van der Waals surface area (Å²) in [7, 11) is 0. The van der Waals surface area contributed by atoms with Gasteiger partial charge in [0.1, 0.15) is 0 Å². The molecule has 0 aliphatic rings. The van der Waals surface area contributed by atoms with Crippen LogP contribution in [-0.2, 0) is 12.3 Å². The molecule has 15 heavy (non-hydrogen) atoms. The summed E-state index contributed by atoms with van der Waals surface area (Å²) in [6.07, 6.45) is 1.90. The van der Waals surface area contributed by atoms with Gasteiger partial charge < -0.3 is 0 Å². The van der Waals surface area contributed by atoms with Gasteiger partial charge in [0.05, 0.1) is 0 Å². The molecule has 0 aliphatic heterocycles. The van der Waals surface area contributed by atoms with E-state index in [4.69, 9.17) is 44.8 Å². The quantitative estimate of drug-likeness (QED) is 0.407. The predicted octanol–water partition coefficient (Wildman–Crippen LogP) is 5.01. The van der Waals surface area contributed by atoms with Crippen LogP contribution in [0.5, 0.6) is 0 Å². The maximum atomic E-state index is 5.80. The Morgan fingerprint density at radius 3 is 1.93 bits per heavy atom. The minimum atomic E-state index is -2.43. The number of rotatable bonds is 5. The fourth-order valence-electron chi connectivity index (χ4n) is 1.29. The topological polar surface area (TPSA) is 0 Å². The molecule has 5 heteroatoms. The molecular weight excluding hydrogens is 290 g/mol. The van der Waals surface area contributed by atoms with Crippen molar-refractivity contribution < 1.29 is 0 Å². The van der Waals surface area contributed by atoms with Gasteiger partial charge in [-0.05, 0) is 30.0 Å². The number of alkyl halides is 1. The van der Waals surface area contributed by atoms with Crippen molar-refractivity contribution in [3.63, 3.8) is 0 Å². The first-order chi connectivity index (χ1) is 7.01. The van der Waals surface area contributed by atoms with E-state index in [-0.39, 0.29) is 0 Å². The van der Waals surface area contributed by atoms with E-state index >= 15 is 0 Å². The molecule has 0 N–H and O–H groups in total. The smallest absolute Gasteiger partial charge is 0.126 e. The minimum Gasteiger partial charge on any atom is -0.126 e. The summed E-state index contributed by atoms with van der Waals surface area (Å²) in [6, 6.07) is 6.52. The van der Waals surface area contributed by atoms with Gasteiger partial charge in [0.15, 0.2) is 0 Å². The lowest BCUT2D eigenvalue weighted by Gasteiger charge is -2.07. The van der Waals surface area contributed by atoms with Crippen LogP contribution in [0.3, 0.4) is 0 Å². The Hall–Kier alpha value is 0.597. The molecule has 0 heterocycles. The van der Waals surface area contributed by atoms with Crippen molar-refractivity contribution in [2.45, 2.75) is 24.8 Å². The van der Waals surface area contributed by atoms with Gasteiger partial charge in [-0.3, -0.25) is 0 Å². The van der Waals surface area contributed by atoms with Gasteiger partial charge in [0.2, 0.25) is 0 Å². The van der Waals surface area contributed by atoms with Gasteiger partial charge in [0.25, 0.3) is 0 Å². The molecule has 0 saturated heterocycles. The second-order valence-electron chi connectivity index (χ2n) is 3.42. The van der Waals surface area contributed by atoms with Crippen molar-refractivity contribution in [1.29, 1.82) is 0 Å². The highest BCUT2D eigenvalue weighted by molar-refractivity contribution is 7.64. The molecular formula is C10H12Cl4Si. The number of benzene rings is 1. The molecule has 0 nitrogen and oxygen atoms in total. The lowest BCUT2D eigenvalue weighted by Crippen LogP contribution is -2.08. The summed E-state index contributed by atoms with van der Waals surface area (Å²) in [4.78, 5) is 0. The number of hydrogen-bond donors (Lipinski definition) is 0. The van der Waals surface area contributed by atoms with Gasteiger partial charge in [-0.15, -0.1) is 44.8 Å². The van der Waals surface area contributed by atoms with E-state index in [1.807, 2.05) is 12.1 Å². The highest BCUT2D eigenvalue weighted by Gasteiger charge is 2.23. The van der Waals surface area contributed by atoms with Gasteiger partial charge in [0, 0.05) is 5.88 Å². The van der Waals surface area contributed by atoms with Gasteiger partial charge >= 0.3 is 6.00 Å². The summed E-state index contributed by atoms with van der Waals surface area (Å²) in [5.41, 5.74) is 2.41. The first-order valence-electron chi connectivity index (χ1n) is 4.72. The Balaban J connectivity index is 2.38. The maximum Gasteiger partial charge on any atom is 0.341 e. The average Bonchev–Trinajstić information content (AvgIpc) is 2.17. The highest BCUT2D eigenvalue weighted by atomic mass is 35.8. The summed E-state index contributed by atoms with van der Waals surface area (Å²) < 4.78 is 0. The zero-order valence-electron chi connectivity index (χ0n) is 8.15. The minimum absolute atomic E-state index is 0.557. The molecule has 1 aromatic carbocycles. The normalized spacial score (nSPS) is 11.7. The molecule has 0 fully saturated rings. The van der Waals surface area contributed by atoms with Crippen LogP contribution < -0.4 is 0 Å². The second kappa shape index (κ2) is 6.36. The van der Waals surface area contributed by atoms with Crippen LogP contribution in [0.4, 0.5) is 0 Å². The van der Waals surface area contributed by atoms with Gasteiger partial charge in [-0.1, -0.05) is 24.3 Å². The number of hydrogen-bond acceptors (Lipinski definition) is 0. The Kier molecular flexibility index (Phi) is 5.79. The third kappa shape index (κ3) is 6.03. The van der Waals surface area contributed by atoms with Crippen molar-refractivity contribution in [2.75, 3.05) is 0 Å². The van der Waals surface area contributed by atoms with Crippen LogP contribution in [0, 0.1) is 0 Å². The Morgan fingerprint density at radius 2 is 1.47 bits per heavy atom. The molecule has 0 aromatic heterocycles. The Morgan fingerprint density at radius 1 is 0.933 bits per heavy atom. The molecule has 0 saturated carbocycles. The lowest BCUT2D eigenvalue weighted by molar-refractivity contribution is 0.914. The van der Waals surface area contributed by atoms with E-state index in [9.17, 15) is 0 Å². The molecule has 84 valence electrons. The largest absolute Gasteiger partial charge is 0.341 e. The van der Waals surface area contributed by atoms with E-state index in [2.05, 4.69) is 12.1 Å². The van der Waals surface area contributed by atoms with Crippen LogP contribution in [0.25, 0.3) is 0 Å². The Bertz CT molecular complexity index is 291. The molecule has 1 aromatic rings. The van der Waals surface area contributed by atoms with Crippen molar-refractivity contribution in [2.24, 2.45) is 0 Å². The Labute approximate surface area is 111 Å². The van der Waals surface area contributed by atoms with Crippen molar-refractivity contribution >= 4 is 50.8 Å². The fourth-order valence-corrected chi connectivity index (χ4v) is 3.25. The van der Waals surface area contributed by atoms with E-state index in [1.54, 1.807) is 0 Å². The molecule has 0 spiro atoms. The van der Waals surface area contributed by atoms with Gasteiger partial charge in [-0.2, -0.15) is 0 Å². The monoisotopic (exact) mass is 300 g/mol. The molecule has 0 amide bonds. The lowest BCUT2D eigenvalue weighted by atomic mass is 10.1. The fraction of sp³-hybridized carbons (Fsp3) is 0.400. The standard InChI is InChI=1S/C10H12Cl4Si/c11-8-10-5-3-9(4-6-10)2-1-7-15(12,13)14/h3-6H,1-2,7-8H2. The van der Waals surface area contributed by atoms with E-state index in [0.717, 1.165) is 24.4 Å². The molecule has 0 unspecified atom stereocenters. The van der Waals surface area contributed by atoms with Crippen molar-refractivity contribution in [1.82, 2.24) is 0 Å². The second-order valence-corrected chi connectivity index (χ2v) is 13.0. The third-order valence-electron chi connectivity index (χ3n) is 2.10. The first-order valence-corrected chi connectivity index (χ1v) is 10.5. The summed E-state index contributed by atoms with van der Waals surface area (Å²) in [6.45, 7) is 0. The summed E-state index contributed by atoms with van der Waals surface area (Å²) in [5, 5.41) is 0. The SMILES string of the molecule is ClCc1ccc(CCC[Si](Cl)(Cl)Cl)cc1. The zero-order chi connectivity index (χ0) is 11.3. The molecule has 1 rings (SSSR count). The van der Waals surface area contributed by atoms with E-state index in [1.165, 1.54) is 5.56 Å². The molecule has 0 bridgehead atoms. The van der Waals surface area contributed by atoms with Crippen LogP contribution in [0.2, 0.25) is 6.04 Å². The van der Waals surface area contributed by atoms with Crippen LogP contribution in [0.15, 0.2) is 24.3 Å². The maximum absolute atomic E-state index is 5.80. The first kappa shape index (κ1) is 13.7. The average molecular weight is 302 g/mol. The predicted molar refractivity (Wildman–Crippen MR) is 72.4 cm³/mol. The third-order valence-corrected chi connectivity index (χ3v) is 5.03.